The van der Waals surface area contributed by atoms with E-state index in [1.165, 1.54) is 77.4 Å². The van der Waals surface area contributed by atoms with Gasteiger partial charge in [0.25, 0.3) is 0 Å². The van der Waals surface area contributed by atoms with E-state index in [1.54, 1.807) is 0 Å². The van der Waals surface area contributed by atoms with Crippen LogP contribution in [0.2, 0.25) is 0 Å². The molecular weight excluding hydrogens is 508 g/mol. The minimum Gasteiger partial charge on any atom is -0.292 e. The van der Waals surface area contributed by atoms with E-state index in [1.807, 2.05) is 13.8 Å². The third-order valence-electron chi connectivity index (χ3n) is 8.46. The molecule has 0 spiro atoms. The van der Waals surface area contributed by atoms with Crippen LogP contribution >= 0.6 is 0 Å². The monoisotopic (exact) mass is 554 g/mol. The van der Waals surface area contributed by atoms with E-state index in [0.29, 0.717) is 5.92 Å². The zero-order chi connectivity index (χ0) is 30.7. The summed E-state index contributed by atoms with van der Waals surface area (Å²) in [4.78, 5) is 5.16. The van der Waals surface area contributed by atoms with Gasteiger partial charge in [-0.05, 0) is 97.4 Å². The van der Waals surface area contributed by atoms with Crippen LogP contribution in [0, 0.1) is 34.6 Å². The number of aromatic nitrogens is 2. The number of hydrogen-bond acceptors (Lipinski definition) is 1. The molecule has 6 rings (SSSR count). The molecule has 2 heteroatoms. The number of benzene rings is 4. The van der Waals surface area contributed by atoms with Crippen molar-refractivity contribution in [3.8, 4) is 22.4 Å². The zero-order valence-electron chi connectivity index (χ0n) is 27.0. The molecule has 0 bridgehead atoms. The molecule has 0 saturated carbocycles. The van der Waals surface area contributed by atoms with E-state index in [2.05, 4.69) is 139 Å². The van der Waals surface area contributed by atoms with Gasteiger partial charge in [0.15, 0.2) is 0 Å². The van der Waals surface area contributed by atoms with E-state index >= 15 is 0 Å². The van der Waals surface area contributed by atoms with Crippen LogP contribution in [-0.4, -0.2) is 9.38 Å². The number of rotatable bonds is 4. The molecule has 1 atom stereocenters. The highest BCUT2D eigenvalue weighted by Gasteiger charge is 2.21. The minimum absolute atomic E-state index is 0.455. The second-order valence-corrected chi connectivity index (χ2v) is 11.2. The summed E-state index contributed by atoms with van der Waals surface area (Å²) in [6, 6.07) is 25.0. The normalized spacial score (nSPS) is 11.6. The highest BCUT2D eigenvalue weighted by molar-refractivity contribution is 6.14. The topological polar surface area (TPSA) is 17.3 Å². The molecule has 0 aliphatic rings. The van der Waals surface area contributed by atoms with Crippen LogP contribution in [0.15, 0.2) is 86.1 Å². The lowest BCUT2D eigenvalue weighted by Gasteiger charge is -2.19. The van der Waals surface area contributed by atoms with Gasteiger partial charge < -0.3 is 0 Å². The van der Waals surface area contributed by atoms with Crippen molar-refractivity contribution < 1.29 is 0 Å². The molecule has 0 aliphatic heterocycles. The number of nitrogens with zero attached hydrogens (tertiary/aromatic N) is 2. The molecular formula is C40H46N2. The fourth-order valence-corrected chi connectivity index (χ4v) is 6.58. The van der Waals surface area contributed by atoms with Crippen LogP contribution in [0.4, 0.5) is 0 Å². The Kier molecular flexibility index (Phi) is 9.36. The van der Waals surface area contributed by atoms with Gasteiger partial charge in [-0.25, -0.2) is 4.98 Å². The van der Waals surface area contributed by atoms with Crippen LogP contribution < -0.4 is 0 Å². The third-order valence-corrected chi connectivity index (χ3v) is 8.46. The Bertz CT molecular complexity index is 1840. The maximum atomic E-state index is 5.16. The Morgan fingerprint density at radius 2 is 1.36 bits per heavy atom. The molecule has 0 N–H and O–H groups in total. The number of imidazole rings is 1. The zero-order valence-corrected chi connectivity index (χ0v) is 27.0. The van der Waals surface area contributed by atoms with Crippen molar-refractivity contribution in [2.24, 2.45) is 0 Å². The Morgan fingerprint density at radius 1 is 0.738 bits per heavy atom. The maximum absolute atomic E-state index is 5.16. The summed E-state index contributed by atoms with van der Waals surface area (Å²) in [5.41, 5.74) is 15.1. The first-order chi connectivity index (χ1) is 20.3. The lowest BCUT2D eigenvalue weighted by Crippen LogP contribution is -2.00. The van der Waals surface area contributed by atoms with Gasteiger partial charge in [-0.1, -0.05) is 93.9 Å². The SMILES string of the molecule is C=C.CC.CCC(C)c1cccc2c3ccc(-c4c(C)cccc4C)cc3n3c(-c4c(C)cc(C)cc4C)cnc3c12. The van der Waals surface area contributed by atoms with E-state index in [9.17, 15) is 0 Å². The summed E-state index contributed by atoms with van der Waals surface area (Å²) in [6.45, 7) is 25.7. The molecule has 2 nitrogen and oxygen atoms in total. The molecule has 6 aromatic rings. The lowest BCUT2D eigenvalue weighted by molar-refractivity contribution is 0.740. The fourth-order valence-electron chi connectivity index (χ4n) is 6.58. The molecule has 2 heterocycles. The van der Waals surface area contributed by atoms with E-state index < -0.39 is 0 Å². The largest absolute Gasteiger partial charge is 0.292 e. The molecule has 216 valence electrons. The standard InChI is InChI=1S/C36H36N2.C2H6.C2H4/c1-8-22(3)28-13-10-14-30-29-16-15-27(33-23(4)11-9-12-24(33)5)19-31(29)38-32(20-37-36(38)35(28)30)34-25(6)17-21(2)18-26(34)7;2*1-2/h9-20,22H,8H2,1-7H3;1-2H3;1-2H2. The first-order valence-corrected chi connectivity index (χ1v) is 15.3. The molecule has 2 aromatic heterocycles. The van der Waals surface area contributed by atoms with Gasteiger partial charge in [0.05, 0.1) is 17.4 Å². The molecule has 0 saturated heterocycles. The summed E-state index contributed by atoms with van der Waals surface area (Å²) in [6.07, 6.45) is 3.19. The second kappa shape index (κ2) is 12.8. The smallest absolute Gasteiger partial charge is 0.145 e. The van der Waals surface area contributed by atoms with Crippen molar-refractivity contribution >= 4 is 27.3 Å². The summed E-state index contributed by atoms with van der Waals surface area (Å²) >= 11 is 0. The number of pyridine rings is 1. The van der Waals surface area contributed by atoms with Gasteiger partial charge in [-0.3, -0.25) is 4.40 Å². The van der Waals surface area contributed by atoms with E-state index in [-0.39, 0.29) is 0 Å². The lowest BCUT2D eigenvalue weighted by atomic mass is 9.90. The van der Waals surface area contributed by atoms with Crippen LogP contribution in [0.1, 0.15) is 73.4 Å². The number of aryl methyl sites for hydroxylation is 5. The van der Waals surface area contributed by atoms with Crippen LogP contribution in [0.5, 0.6) is 0 Å². The Labute approximate surface area is 252 Å². The van der Waals surface area contributed by atoms with E-state index in [4.69, 9.17) is 4.98 Å². The van der Waals surface area contributed by atoms with Crippen molar-refractivity contribution in [3.05, 3.63) is 119 Å². The quantitative estimate of drug-likeness (QED) is 0.156. The molecule has 0 fully saturated rings. The fraction of sp³-hybridized carbons (Fsp3) is 0.275. The minimum atomic E-state index is 0.455. The summed E-state index contributed by atoms with van der Waals surface area (Å²) < 4.78 is 2.44. The molecule has 1 unspecified atom stereocenters. The Balaban J connectivity index is 0.000000972. The maximum Gasteiger partial charge on any atom is 0.145 e. The van der Waals surface area contributed by atoms with Gasteiger partial charge in [-0.15, -0.1) is 13.2 Å². The third kappa shape index (κ3) is 5.15. The highest BCUT2D eigenvalue weighted by atomic mass is 15.0. The van der Waals surface area contributed by atoms with Crippen LogP contribution in [-0.2, 0) is 0 Å². The average molecular weight is 555 g/mol. The van der Waals surface area contributed by atoms with Crippen LogP contribution in [0.3, 0.4) is 0 Å². The van der Waals surface area contributed by atoms with Gasteiger partial charge in [-0.2, -0.15) is 0 Å². The summed E-state index contributed by atoms with van der Waals surface area (Å²) in [5, 5.41) is 3.84. The molecule has 4 aromatic carbocycles. The van der Waals surface area contributed by atoms with Gasteiger partial charge in [0.1, 0.15) is 5.65 Å². The summed E-state index contributed by atoms with van der Waals surface area (Å²) in [7, 11) is 0. The first-order valence-electron chi connectivity index (χ1n) is 15.3. The van der Waals surface area contributed by atoms with Crippen LogP contribution in [0.25, 0.3) is 49.7 Å². The number of fused-ring (bicyclic) bond motifs is 6. The van der Waals surface area contributed by atoms with Crippen molar-refractivity contribution in [1.82, 2.24) is 9.38 Å². The van der Waals surface area contributed by atoms with Gasteiger partial charge in [0, 0.05) is 16.3 Å². The van der Waals surface area contributed by atoms with Gasteiger partial charge >= 0.3 is 0 Å². The van der Waals surface area contributed by atoms with Crippen molar-refractivity contribution in [2.75, 3.05) is 0 Å². The molecule has 0 radical (unpaired) electrons. The Morgan fingerprint density at radius 3 is 1.98 bits per heavy atom. The Hall–Kier alpha value is -4.17. The second-order valence-electron chi connectivity index (χ2n) is 11.2. The number of hydrogen-bond donors (Lipinski definition) is 0. The molecule has 0 aliphatic carbocycles. The highest BCUT2D eigenvalue weighted by Crippen LogP contribution is 2.40. The molecule has 42 heavy (non-hydrogen) atoms. The van der Waals surface area contributed by atoms with Gasteiger partial charge in [0.2, 0.25) is 0 Å². The molecule has 0 amide bonds. The van der Waals surface area contributed by atoms with Crippen molar-refractivity contribution in [2.45, 2.75) is 74.7 Å². The van der Waals surface area contributed by atoms with Crippen molar-refractivity contribution in [3.63, 3.8) is 0 Å². The summed E-state index contributed by atoms with van der Waals surface area (Å²) in [5.74, 6) is 0.455. The first kappa shape index (κ1) is 30.8. The van der Waals surface area contributed by atoms with E-state index in [0.717, 1.165) is 12.1 Å². The predicted molar refractivity (Wildman–Crippen MR) is 186 cm³/mol. The average Bonchev–Trinajstić information content (AvgIpc) is 3.43. The predicted octanol–water partition coefficient (Wildman–Crippen LogP) is 11.9. The van der Waals surface area contributed by atoms with Crippen molar-refractivity contribution in [1.29, 1.82) is 0 Å².